The molecule has 0 amide bonds. The highest BCUT2D eigenvalue weighted by molar-refractivity contribution is 7.47. The average Bonchev–Trinajstić information content (AvgIpc) is 3.72. The van der Waals surface area contributed by atoms with Crippen LogP contribution in [-0.4, -0.2) is 96.7 Å². The van der Waals surface area contributed by atoms with Crippen LogP contribution in [0.25, 0.3) is 0 Å². The van der Waals surface area contributed by atoms with Crippen molar-refractivity contribution in [3.8, 4) is 0 Å². The van der Waals surface area contributed by atoms with Crippen LogP contribution in [0.1, 0.15) is 369 Å². The molecule has 91 heavy (non-hydrogen) atoms. The Morgan fingerprint density at radius 3 is 0.835 bits per heavy atom. The highest BCUT2D eigenvalue weighted by Gasteiger charge is 2.30. The van der Waals surface area contributed by atoms with Crippen molar-refractivity contribution >= 4 is 39.5 Å². The van der Waals surface area contributed by atoms with E-state index in [0.29, 0.717) is 31.6 Å². The van der Waals surface area contributed by atoms with Gasteiger partial charge in [0, 0.05) is 25.7 Å². The molecule has 0 aliphatic heterocycles. The minimum absolute atomic E-state index is 0.107. The Balaban J connectivity index is 5.25. The monoisotopic (exact) mass is 1340 g/mol. The van der Waals surface area contributed by atoms with Gasteiger partial charge in [-0.05, 0) is 37.5 Å². The van der Waals surface area contributed by atoms with Crippen LogP contribution in [0.15, 0.2) is 0 Å². The summed E-state index contributed by atoms with van der Waals surface area (Å²) < 4.78 is 68.4. The largest absolute Gasteiger partial charge is 0.472 e. The Hall–Kier alpha value is -1.94. The molecule has 0 rings (SSSR count). The number of hydrogen-bond acceptors (Lipinski definition) is 15. The molecule has 6 atom stereocenters. The Kier molecular flexibility index (Phi) is 62.7. The number of aliphatic hydroxyl groups is 1. The molecule has 0 aromatic carbocycles. The molecule has 0 bridgehead atoms. The zero-order chi connectivity index (χ0) is 67.2. The fraction of sp³-hybridized carbons (Fsp3) is 0.944. The average molecular weight is 1340 g/mol. The van der Waals surface area contributed by atoms with Crippen molar-refractivity contribution in [1.29, 1.82) is 0 Å². The van der Waals surface area contributed by atoms with Crippen LogP contribution in [-0.2, 0) is 65.4 Å². The lowest BCUT2D eigenvalue weighted by Gasteiger charge is -2.21. The summed E-state index contributed by atoms with van der Waals surface area (Å²) in [6, 6.07) is 0. The molecule has 3 unspecified atom stereocenters. The van der Waals surface area contributed by atoms with E-state index in [1.807, 2.05) is 0 Å². The van der Waals surface area contributed by atoms with Gasteiger partial charge < -0.3 is 33.8 Å². The topological polar surface area (TPSA) is 237 Å². The molecule has 17 nitrogen and oxygen atoms in total. The predicted molar refractivity (Wildman–Crippen MR) is 368 cm³/mol. The summed E-state index contributed by atoms with van der Waals surface area (Å²) in [6.45, 7) is 9.52. The van der Waals surface area contributed by atoms with Crippen molar-refractivity contribution in [2.24, 2.45) is 11.8 Å². The van der Waals surface area contributed by atoms with Gasteiger partial charge in [0.15, 0.2) is 12.2 Å². The Morgan fingerprint density at radius 1 is 0.319 bits per heavy atom. The van der Waals surface area contributed by atoms with Gasteiger partial charge in [-0.1, -0.05) is 318 Å². The summed E-state index contributed by atoms with van der Waals surface area (Å²) >= 11 is 0. The molecule has 19 heteroatoms. The fourth-order valence-corrected chi connectivity index (χ4v) is 12.5. The van der Waals surface area contributed by atoms with Gasteiger partial charge in [-0.15, -0.1) is 0 Å². The summed E-state index contributed by atoms with van der Waals surface area (Å²) in [4.78, 5) is 72.6. The molecule has 540 valence electrons. The first-order valence-corrected chi connectivity index (χ1v) is 40.5. The third-order valence-corrected chi connectivity index (χ3v) is 19.0. The maximum atomic E-state index is 13.0. The lowest BCUT2D eigenvalue weighted by Crippen LogP contribution is -2.30. The SMILES string of the molecule is CCCCCCCCCCCCCCCCC(=O)OC[C@H](COP(=O)(O)OC[C@@H](O)COP(=O)(O)OC[C@@H](COC(=O)CCCCCCCCC(C)C)OC(=O)CCCCCCCCCCCCCCCC)OC(=O)CCCCCCCCCCCCC(C)CC. The van der Waals surface area contributed by atoms with E-state index < -0.39 is 97.5 Å². The molecule has 0 fully saturated rings. The first-order valence-electron chi connectivity index (χ1n) is 37.5. The molecule has 3 N–H and O–H groups in total. The zero-order valence-corrected chi connectivity index (χ0v) is 60.9. The number of carbonyl (C=O) groups is 4. The molecule has 0 heterocycles. The molecule has 0 aromatic rings. The van der Waals surface area contributed by atoms with E-state index in [4.69, 9.17) is 37.0 Å². The van der Waals surface area contributed by atoms with E-state index in [0.717, 1.165) is 102 Å². The lowest BCUT2D eigenvalue weighted by molar-refractivity contribution is -0.161. The van der Waals surface area contributed by atoms with E-state index in [1.54, 1.807) is 0 Å². The van der Waals surface area contributed by atoms with Crippen molar-refractivity contribution in [3.05, 3.63) is 0 Å². The number of ether oxygens (including phenoxy) is 4. The van der Waals surface area contributed by atoms with Crippen LogP contribution in [0.2, 0.25) is 0 Å². The summed E-state index contributed by atoms with van der Waals surface area (Å²) in [5.41, 5.74) is 0. The number of esters is 4. The number of aliphatic hydroxyl groups excluding tert-OH is 1. The number of carbonyl (C=O) groups excluding carboxylic acids is 4. The molecule has 0 saturated carbocycles. The highest BCUT2D eigenvalue weighted by Crippen LogP contribution is 2.45. The maximum Gasteiger partial charge on any atom is 0.472 e. The minimum atomic E-state index is -4.95. The van der Waals surface area contributed by atoms with E-state index in [1.165, 1.54) is 180 Å². The summed E-state index contributed by atoms with van der Waals surface area (Å²) in [5.74, 6) is -0.639. The second kappa shape index (κ2) is 64.1. The second-order valence-corrected chi connectivity index (χ2v) is 29.6. The quantitative estimate of drug-likeness (QED) is 0.0222. The van der Waals surface area contributed by atoms with Gasteiger partial charge in [0.2, 0.25) is 0 Å². The number of unbranched alkanes of at least 4 members (excludes halogenated alkanes) is 40. The predicted octanol–water partition coefficient (Wildman–Crippen LogP) is 20.8. The van der Waals surface area contributed by atoms with Crippen LogP contribution < -0.4 is 0 Å². The third kappa shape index (κ3) is 65.1. The van der Waals surface area contributed by atoms with Crippen molar-refractivity contribution in [1.82, 2.24) is 0 Å². The molecular formula is C72H140O17P2. The van der Waals surface area contributed by atoms with Gasteiger partial charge in [-0.3, -0.25) is 37.3 Å². The zero-order valence-electron chi connectivity index (χ0n) is 59.1. The maximum absolute atomic E-state index is 13.0. The van der Waals surface area contributed by atoms with Gasteiger partial charge in [0.1, 0.15) is 19.3 Å². The second-order valence-electron chi connectivity index (χ2n) is 26.7. The van der Waals surface area contributed by atoms with Gasteiger partial charge >= 0.3 is 39.5 Å². The molecule has 0 aromatic heterocycles. The van der Waals surface area contributed by atoms with Gasteiger partial charge in [0.25, 0.3) is 0 Å². The first kappa shape index (κ1) is 89.1. The minimum Gasteiger partial charge on any atom is -0.462 e. The smallest absolute Gasteiger partial charge is 0.462 e. The molecule has 0 spiro atoms. The fourth-order valence-electron chi connectivity index (χ4n) is 10.9. The number of rotatable bonds is 71. The molecule has 0 aliphatic carbocycles. The normalized spacial score (nSPS) is 14.4. The standard InChI is InChI=1S/C72H140O17P2/c1-7-10-12-14-16-18-20-22-24-26-31-35-42-48-54-69(74)82-60-67(88-72(77)57-51-45-37-33-29-28-30-34-41-47-53-65(6)9-3)62-86-90(78,79)84-58-66(73)59-85-91(80,81)87-63-68(61-83-70(75)55-49-43-39-38-40-46-52-64(4)5)89-71(76)56-50-44-36-32-27-25-23-21-19-17-15-13-11-8-2/h64-68,73H,7-63H2,1-6H3,(H,78,79)(H,80,81)/t65?,66-,67-,68-/m1/s1. The van der Waals surface area contributed by atoms with Crippen molar-refractivity contribution in [2.45, 2.75) is 387 Å². The van der Waals surface area contributed by atoms with Crippen LogP contribution in [0, 0.1) is 11.8 Å². The molecule has 0 radical (unpaired) electrons. The first-order chi connectivity index (χ1) is 43.9. The summed E-state index contributed by atoms with van der Waals surface area (Å²) in [6.07, 6.45) is 49.9. The number of phosphoric ester groups is 2. The summed E-state index contributed by atoms with van der Waals surface area (Å²) in [7, 11) is -9.90. The van der Waals surface area contributed by atoms with E-state index >= 15 is 0 Å². The van der Waals surface area contributed by atoms with Crippen LogP contribution in [0.5, 0.6) is 0 Å². The number of phosphoric acid groups is 2. The Morgan fingerprint density at radius 2 is 0.560 bits per heavy atom. The van der Waals surface area contributed by atoms with Crippen molar-refractivity contribution in [3.63, 3.8) is 0 Å². The molecule has 0 saturated heterocycles. The third-order valence-electron chi connectivity index (χ3n) is 17.1. The Bertz CT molecular complexity index is 1770. The van der Waals surface area contributed by atoms with E-state index in [-0.39, 0.29) is 25.7 Å². The van der Waals surface area contributed by atoms with Gasteiger partial charge in [0.05, 0.1) is 26.4 Å². The van der Waals surface area contributed by atoms with Gasteiger partial charge in [-0.25, -0.2) is 9.13 Å². The van der Waals surface area contributed by atoms with Crippen molar-refractivity contribution in [2.75, 3.05) is 39.6 Å². The number of hydrogen-bond donors (Lipinski definition) is 3. The molecule has 0 aliphatic rings. The van der Waals surface area contributed by atoms with E-state index in [2.05, 4.69) is 41.5 Å². The van der Waals surface area contributed by atoms with Crippen LogP contribution >= 0.6 is 15.6 Å². The lowest BCUT2D eigenvalue weighted by atomic mass is 9.99. The van der Waals surface area contributed by atoms with Crippen molar-refractivity contribution < 1.29 is 80.2 Å². The van der Waals surface area contributed by atoms with Crippen LogP contribution in [0.3, 0.4) is 0 Å². The summed E-state index contributed by atoms with van der Waals surface area (Å²) in [5, 5.41) is 10.6. The Labute approximate surface area is 556 Å². The molecular weight excluding hydrogens is 1200 g/mol. The highest BCUT2D eigenvalue weighted by atomic mass is 31.2. The van der Waals surface area contributed by atoms with Gasteiger partial charge in [-0.2, -0.15) is 0 Å². The van der Waals surface area contributed by atoms with E-state index in [9.17, 15) is 43.2 Å². The van der Waals surface area contributed by atoms with Crippen LogP contribution in [0.4, 0.5) is 0 Å².